The smallest absolute Gasteiger partial charge is 0.145 e. The fourth-order valence-electron chi connectivity index (χ4n) is 0.954. The Morgan fingerprint density at radius 1 is 1.23 bits per heavy atom. The van der Waals surface area contributed by atoms with Gasteiger partial charge in [-0.15, -0.1) is 46.2 Å². The molecule has 0 N–H and O–H groups in total. The highest BCUT2D eigenvalue weighted by molar-refractivity contribution is 8.06. The van der Waals surface area contributed by atoms with Gasteiger partial charge in [0.25, 0.3) is 0 Å². The van der Waals surface area contributed by atoms with Gasteiger partial charge in [0, 0.05) is 18.6 Å². The Kier molecular flexibility index (Phi) is 3.72. The first-order valence-corrected chi connectivity index (χ1v) is 7.73. The molecule has 0 unspecified atom stereocenters. The summed E-state index contributed by atoms with van der Waals surface area (Å²) in [6.45, 7) is 0. The van der Waals surface area contributed by atoms with Crippen molar-refractivity contribution in [3.8, 4) is 0 Å². The first kappa shape index (κ1) is 10.4. The zero-order valence-electron chi connectivity index (χ0n) is 6.94. The highest BCUT2D eigenvalue weighted by Gasteiger charge is 2.18. The minimum atomic E-state index is 0.385. The second kappa shape index (κ2) is 4.63. The van der Waals surface area contributed by atoms with E-state index in [1.165, 1.54) is 8.42 Å². The van der Waals surface area contributed by atoms with Gasteiger partial charge in [-0.1, -0.05) is 12.2 Å². The normalized spacial score (nSPS) is 18.2. The Hall–Kier alpha value is 0.930. The predicted octanol–water partition coefficient (Wildman–Crippen LogP) is 3.75. The number of thioether (sulfide) groups is 2. The molecule has 0 saturated heterocycles. The van der Waals surface area contributed by atoms with E-state index in [4.69, 9.17) is 17.0 Å². The molecular weight excluding hydrogens is 260 g/mol. The lowest BCUT2D eigenvalue weighted by Crippen LogP contribution is -2.15. The summed E-state index contributed by atoms with van der Waals surface area (Å²) in [6.07, 6.45) is 0.385. The number of hydrogen-bond acceptors (Lipinski definition) is 6. The summed E-state index contributed by atoms with van der Waals surface area (Å²) in [5, 5.41) is 0. The second-order valence-corrected chi connectivity index (χ2v) is 8.31. The molecule has 1 nitrogen and oxygen atoms in total. The molecule has 0 spiro atoms. The van der Waals surface area contributed by atoms with Gasteiger partial charge in [0.05, 0.1) is 14.5 Å². The van der Waals surface area contributed by atoms with Crippen molar-refractivity contribution < 1.29 is 4.74 Å². The zero-order chi connectivity index (χ0) is 9.26. The maximum absolute atomic E-state index is 5.34. The van der Waals surface area contributed by atoms with Gasteiger partial charge in [0.1, 0.15) is 3.14 Å². The quantitative estimate of drug-likeness (QED) is 0.717. The van der Waals surface area contributed by atoms with Crippen molar-refractivity contribution >= 4 is 58.4 Å². The van der Waals surface area contributed by atoms with Crippen LogP contribution in [-0.2, 0) is 4.74 Å². The summed E-state index contributed by atoms with van der Waals surface area (Å²) in [7, 11) is 1.78. The van der Waals surface area contributed by atoms with Crippen LogP contribution in [0, 0.1) is 3.14 Å². The molecule has 2 rings (SSSR count). The molecule has 0 aromatic carbocycles. The van der Waals surface area contributed by atoms with Crippen LogP contribution in [0.3, 0.4) is 0 Å². The van der Waals surface area contributed by atoms with Crippen LogP contribution in [-0.4, -0.2) is 24.7 Å². The van der Waals surface area contributed by atoms with E-state index in [0.717, 1.165) is 14.6 Å². The van der Waals surface area contributed by atoms with E-state index >= 15 is 0 Å². The van der Waals surface area contributed by atoms with E-state index in [-0.39, 0.29) is 0 Å². The summed E-state index contributed by atoms with van der Waals surface area (Å²) in [4.78, 5) is 0. The van der Waals surface area contributed by atoms with Gasteiger partial charge in [-0.2, -0.15) is 0 Å². The van der Waals surface area contributed by atoms with Crippen molar-refractivity contribution in [2.75, 3.05) is 18.6 Å². The van der Waals surface area contributed by atoms with Gasteiger partial charge < -0.3 is 4.74 Å². The van der Waals surface area contributed by atoms with E-state index in [0.29, 0.717) is 6.10 Å². The molecule has 13 heavy (non-hydrogen) atoms. The summed E-state index contributed by atoms with van der Waals surface area (Å²) >= 11 is 12.4. The molecule has 1 aliphatic rings. The van der Waals surface area contributed by atoms with E-state index < -0.39 is 0 Å². The zero-order valence-corrected chi connectivity index (χ0v) is 11.0. The van der Waals surface area contributed by atoms with Gasteiger partial charge in [-0.25, -0.2) is 0 Å². The number of methoxy groups -OCH3 is 1. The first-order chi connectivity index (χ1) is 6.29. The molecule has 0 atom stereocenters. The van der Waals surface area contributed by atoms with E-state index in [1.807, 2.05) is 23.5 Å². The van der Waals surface area contributed by atoms with Crippen molar-refractivity contribution in [1.29, 1.82) is 0 Å². The Balaban J connectivity index is 2.19. The molecule has 0 radical (unpaired) electrons. The van der Waals surface area contributed by atoms with Crippen LogP contribution < -0.4 is 0 Å². The van der Waals surface area contributed by atoms with Crippen LogP contribution in [0.25, 0.3) is 0 Å². The van der Waals surface area contributed by atoms with Crippen LogP contribution in [0.5, 0.6) is 0 Å². The van der Waals surface area contributed by atoms with Crippen molar-refractivity contribution in [2.45, 2.75) is 14.5 Å². The Bertz CT molecular complexity index is 312. The standard InChI is InChI=1S/C7H8OS5/c1-8-4-2-10-5-6(11-3-4)13-7(9)12-5/h4H,2-3H2,1H3. The molecule has 0 amide bonds. The average molecular weight is 268 g/mol. The summed E-state index contributed by atoms with van der Waals surface area (Å²) in [6, 6.07) is 0. The summed E-state index contributed by atoms with van der Waals surface area (Å²) < 4.78 is 9.16. The minimum Gasteiger partial charge on any atom is -0.380 e. The molecule has 6 heteroatoms. The average Bonchev–Trinajstić information content (AvgIpc) is 2.37. The highest BCUT2D eigenvalue weighted by Crippen LogP contribution is 2.43. The lowest BCUT2D eigenvalue weighted by molar-refractivity contribution is 0.141. The molecular formula is C7H8OS5. The first-order valence-electron chi connectivity index (χ1n) is 3.72. The Labute approximate surface area is 98.9 Å². The van der Waals surface area contributed by atoms with Crippen molar-refractivity contribution in [1.82, 2.24) is 0 Å². The number of hydrogen-bond donors (Lipinski definition) is 0. The van der Waals surface area contributed by atoms with Gasteiger partial charge in [0.15, 0.2) is 0 Å². The Morgan fingerprint density at radius 3 is 2.23 bits per heavy atom. The molecule has 0 saturated carbocycles. The monoisotopic (exact) mass is 268 g/mol. The molecule has 72 valence electrons. The predicted molar refractivity (Wildman–Crippen MR) is 65.3 cm³/mol. The van der Waals surface area contributed by atoms with Gasteiger partial charge >= 0.3 is 0 Å². The summed E-state index contributed by atoms with van der Waals surface area (Å²) in [5.74, 6) is 2.11. The van der Waals surface area contributed by atoms with Gasteiger partial charge in [-0.3, -0.25) is 0 Å². The van der Waals surface area contributed by atoms with Crippen LogP contribution in [0.1, 0.15) is 0 Å². The van der Waals surface area contributed by atoms with Crippen LogP contribution in [0.4, 0.5) is 0 Å². The molecule has 1 aliphatic heterocycles. The third-order valence-corrected chi connectivity index (χ3v) is 7.50. The molecule has 0 bridgehead atoms. The number of ether oxygens (including phenoxy) is 1. The van der Waals surface area contributed by atoms with Crippen molar-refractivity contribution in [3.63, 3.8) is 0 Å². The lowest BCUT2D eigenvalue weighted by atomic mass is 10.5. The highest BCUT2D eigenvalue weighted by atomic mass is 32.2. The topological polar surface area (TPSA) is 9.23 Å². The second-order valence-electron chi connectivity index (χ2n) is 2.51. The molecule has 1 aromatic heterocycles. The maximum atomic E-state index is 5.34. The van der Waals surface area contributed by atoms with Crippen LogP contribution in [0.15, 0.2) is 8.42 Å². The molecule has 2 heterocycles. The van der Waals surface area contributed by atoms with Crippen molar-refractivity contribution in [3.05, 3.63) is 3.14 Å². The van der Waals surface area contributed by atoms with Gasteiger partial charge in [0.2, 0.25) is 0 Å². The van der Waals surface area contributed by atoms with E-state index in [2.05, 4.69) is 0 Å². The third kappa shape index (κ3) is 2.49. The largest absolute Gasteiger partial charge is 0.380 e. The number of rotatable bonds is 1. The lowest BCUT2D eigenvalue weighted by Gasteiger charge is -2.09. The summed E-state index contributed by atoms with van der Waals surface area (Å²) in [5.41, 5.74) is 0. The van der Waals surface area contributed by atoms with Crippen LogP contribution >= 0.6 is 58.4 Å². The van der Waals surface area contributed by atoms with E-state index in [9.17, 15) is 0 Å². The molecule has 0 fully saturated rings. The maximum Gasteiger partial charge on any atom is 0.145 e. The third-order valence-electron chi connectivity index (χ3n) is 1.65. The fourth-order valence-corrected chi connectivity index (χ4v) is 7.38. The SMILES string of the molecule is COC1CSc2sc(=S)sc2SC1. The van der Waals surface area contributed by atoms with Crippen molar-refractivity contribution in [2.24, 2.45) is 0 Å². The van der Waals surface area contributed by atoms with E-state index in [1.54, 1.807) is 29.8 Å². The van der Waals surface area contributed by atoms with Crippen LogP contribution in [0.2, 0.25) is 0 Å². The van der Waals surface area contributed by atoms with Gasteiger partial charge in [-0.05, 0) is 0 Å². The Morgan fingerprint density at radius 2 is 1.77 bits per heavy atom. The number of fused-ring (bicyclic) bond motifs is 1. The minimum absolute atomic E-state index is 0.385. The fraction of sp³-hybridized carbons (Fsp3) is 0.571. The molecule has 0 aliphatic carbocycles. The molecule has 1 aromatic rings.